The molecule has 2 aliphatic heterocycles. The van der Waals surface area contributed by atoms with E-state index in [9.17, 15) is 9.59 Å². The number of ether oxygens (including phenoxy) is 1. The molecule has 2 saturated heterocycles. The molecular weight excluding hydrogens is 308 g/mol. The quantitative estimate of drug-likeness (QED) is 0.896. The van der Waals surface area contributed by atoms with Crippen LogP contribution in [0.25, 0.3) is 0 Å². The lowest BCUT2D eigenvalue weighted by atomic mass is 9.67. The van der Waals surface area contributed by atoms with E-state index in [0.29, 0.717) is 31.9 Å². The van der Waals surface area contributed by atoms with Crippen LogP contribution in [0.1, 0.15) is 48.7 Å². The lowest BCUT2D eigenvalue weighted by Crippen LogP contribution is -2.61. The number of carbonyl (C=O) groups is 2. The van der Waals surface area contributed by atoms with Crippen LogP contribution in [0.2, 0.25) is 0 Å². The summed E-state index contributed by atoms with van der Waals surface area (Å²) in [6.07, 6.45) is 4.96. The molecule has 132 valence electrons. The minimum Gasteiger partial charge on any atom is -0.381 e. The number of nitrogens with zero attached hydrogens (tertiary/aromatic N) is 3. The number of likely N-dealkylation sites (tertiary alicyclic amines) is 1. The largest absolute Gasteiger partial charge is 0.381 e. The summed E-state index contributed by atoms with van der Waals surface area (Å²) in [7, 11) is 0. The lowest BCUT2D eigenvalue weighted by Gasteiger charge is -2.50. The maximum Gasteiger partial charge on any atom is 0.258 e. The molecular formula is C17H26N4O3. The fraction of sp³-hybridized carbons (Fsp3) is 0.706. The van der Waals surface area contributed by atoms with Crippen LogP contribution in [-0.2, 0) is 16.1 Å². The van der Waals surface area contributed by atoms with Gasteiger partial charge in [0.15, 0.2) is 0 Å². The molecule has 1 aromatic rings. The van der Waals surface area contributed by atoms with Gasteiger partial charge in [-0.2, -0.15) is 5.10 Å². The van der Waals surface area contributed by atoms with Crippen LogP contribution in [0, 0.1) is 12.3 Å². The first kappa shape index (κ1) is 17.0. The minimum absolute atomic E-state index is 0.137. The molecule has 0 saturated carbocycles. The van der Waals surface area contributed by atoms with Crippen molar-refractivity contribution in [1.82, 2.24) is 14.7 Å². The van der Waals surface area contributed by atoms with Crippen molar-refractivity contribution in [3.63, 3.8) is 0 Å². The van der Waals surface area contributed by atoms with E-state index in [1.54, 1.807) is 15.8 Å². The smallest absolute Gasteiger partial charge is 0.258 e. The van der Waals surface area contributed by atoms with Crippen molar-refractivity contribution in [3.05, 3.63) is 17.5 Å². The molecule has 3 rings (SSSR count). The molecule has 1 spiro atoms. The Morgan fingerprint density at radius 2 is 2.08 bits per heavy atom. The molecule has 1 aromatic heterocycles. The molecule has 2 fully saturated rings. The summed E-state index contributed by atoms with van der Waals surface area (Å²) in [5.41, 5.74) is 6.90. The number of hydrogen-bond acceptors (Lipinski definition) is 4. The molecule has 0 radical (unpaired) electrons. The molecule has 7 nitrogen and oxygen atoms in total. The van der Waals surface area contributed by atoms with E-state index in [-0.39, 0.29) is 11.3 Å². The van der Waals surface area contributed by atoms with E-state index >= 15 is 0 Å². The molecule has 2 N–H and O–H groups in total. The predicted octanol–water partition coefficient (Wildman–Crippen LogP) is 1.10. The van der Waals surface area contributed by atoms with Gasteiger partial charge in [0.05, 0.1) is 11.8 Å². The molecule has 2 aliphatic rings. The van der Waals surface area contributed by atoms with E-state index in [4.69, 9.17) is 10.5 Å². The number of rotatable bonds is 3. The number of primary amides is 1. The zero-order chi connectivity index (χ0) is 17.3. The molecule has 7 heteroatoms. The SMILES string of the molecule is CCn1ncc(C(=O)N2CCCC3(CCOCC3)C2C(N)=O)c1C. The summed E-state index contributed by atoms with van der Waals surface area (Å²) in [4.78, 5) is 27.1. The summed E-state index contributed by atoms with van der Waals surface area (Å²) >= 11 is 0. The monoisotopic (exact) mass is 334 g/mol. The Labute approximate surface area is 142 Å². The maximum atomic E-state index is 13.1. The van der Waals surface area contributed by atoms with Crippen molar-refractivity contribution < 1.29 is 14.3 Å². The summed E-state index contributed by atoms with van der Waals surface area (Å²) in [5, 5.41) is 4.26. The first-order valence-electron chi connectivity index (χ1n) is 8.70. The van der Waals surface area contributed by atoms with Gasteiger partial charge in [0.1, 0.15) is 6.04 Å². The number of amides is 2. The Bertz CT molecular complexity index is 628. The van der Waals surface area contributed by atoms with Gasteiger partial charge in [-0.3, -0.25) is 14.3 Å². The van der Waals surface area contributed by atoms with Crippen LogP contribution < -0.4 is 5.73 Å². The topological polar surface area (TPSA) is 90.4 Å². The van der Waals surface area contributed by atoms with Gasteiger partial charge < -0.3 is 15.4 Å². The van der Waals surface area contributed by atoms with E-state index in [1.165, 1.54) is 0 Å². The summed E-state index contributed by atoms with van der Waals surface area (Å²) in [6, 6.07) is -0.563. The van der Waals surface area contributed by atoms with Crippen molar-refractivity contribution in [3.8, 4) is 0 Å². The van der Waals surface area contributed by atoms with E-state index < -0.39 is 11.9 Å². The third-order valence-electron chi connectivity index (χ3n) is 5.62. The zero-order valence-corrected chi connectivity index (χ0v) is 14.5. The van der Waals surface area contributed by atoms with E-state index in [0.717, 1.165) is 31.4 Å². The maximum absolute atomic E-state index is 13.1. The summed E-state index contributed by atoms with van der Waals surface area (Å²) in [5.74, 6) is -0.549. The van der Waals surface area contributed by atoms with Crippen LogP contribution in [0.5, 0.6) is 0 Å². The Morgan fingerprint density at radius 3 is 2.67 bits per heavy atom. The highest BCUT2D eigenvalue weighted by molar-refractivity contribution is 5.98. The van der Waals surface area contributed by atoms with Crippen molar-refractivity contribution >= 4 is 11.8 Å². The van der Waals surface area contributed by atoms with Crippen LogP contribution in [0.3, 0.4) is 0 Å². The van der Waals surface area contributed by atoms with Gasteiger partial charge in [-0.1, -0.05) is 0 Å². The molecule has 3 heterocycles. The van der Waals surface area contributed by atoms with Crippen LogP contribution in [0.4, 0.5) is 0 Å². The summed E-state index contributed by atoms with van der Waals surface area (Å²) < 4.78 is 7.27. The van der Waals surface area contributed by atoms with E-state index in [1.807, 2.05) is 13.8 Å². The van der Waals surface area contributed by atoms with Gasteiger partial charge in [-0.15, -0.1) is 0 Å². The number of aromatic nitrogens is 2. The summed E-state index contributed by atoms with van der Waals surface area (Å²) in [6.45, 7) is 6.39. The fourth-order valence-corrected chi connectivity index (χ4v) is 4.30. The average Bonchev–Trinajstić information content (AvgIpc) is 2.95. The zero-order valence-electron chi connectivity index (χ0n) is 14.5. The third-order valence-corrected chi connectivity index (χ3v) is 5.62. The fourth-order valence-electron chi connectivity index (χ4n) is 4.30. The van der Waals surface area contributed by atoms with Crippen molar-refractivity contribution in [2.75, 3.05) is 19.8 Å². The predicted molar refractivity (Wildman–Crippen MR) is 88.4 cm³/mol. The number of hydrogen-bond donors (Lipinski definition) is 1. The second-order valence-electron chi connectivity index (χ2n) is 6.84. The molecule has 1 unspecified atom stereocenters. The number of piperidine rings is 1. The first-order chi connectivity index (χ1) is 11.5. The van der Waals surface area contributed by atoms with Crippen LogP contribution in [0.15, 0.2) is 6.20 Å². The lowest BCUT2D eigenvalue weighted by molar-refractivity contribution is -0.134. The molecule has 0 aromatic carbocycles. The Kier molecular flexibility index (Phi) is 4.62. The highest BCUT2D eigenvalue weighted by atomic mass is 16.5. The highest BCUT2D eigenvalue weighted by Gasteiger charge is 2.50. The number of aryl methyl sites for hydroxylation is 1. The third kappa shape index (κ3) is 2.70. The second-order valence-corrected chi connectivity index (χ2v) is 6.84. The van der Waals surface area contributed by atoms with Crippen LogP contribution in [-0.4, -0.2) is 52.3 Å². The second kappa shape index (κ2) is 6.55. The Hall–Kier alpha value is -1.89. The molecule has 2 amide bonds. The van der Waals surface area contributed by atoms with Gasteiger partial charge in [-0.05, 0) is 39.5 Å². The average molecular weight is 334 g/mol. The van der Waals surface area contributed by atoms with Crippen molar-refractivity contribution in [2.45, 2.75) is 52.1 Å². The van der Waals surface area contributed by atoms with Crippen molar-refractivity contribution in [1.29, 1.82) is 0 Å². The number of carbonyl (C=O) groups excluding carboxylic acids is 2. The standard InChI is InChI=1S/C17H26N4O3/c1-3-21-12(2)13(11-19-21)16(23)20-8-4-5-17(14(20)15(18)22)6-9-24-10-7-17/h11,14H,3-10H2,1-2H3,(H2,18,22). The van der Waals surface area contributed by atoms with Gasteiger partial charge in [0.2, 0.25) is 5.91 Å². The minimum atomic E-state index is -0.563. The van der Waals surface area contributed by atoms with Gasteiger partial charge in [0, 0.05) is 37.4 Å². The van der Waals surface area contributed by atoms with Gasteiger partial charge >= 0.3 is 0 Å². The molecule has 0 aliphatic carbocycles. The number of nitrogens with two attached hydrogens (primary N) is 1. The van der Waals surface area contributed by atoms with Gasteiger partial charge in [-0.25, -0.2) is 0 Å². The van der Waals surface area contributed by atoms with E-state index in [2.05, 4.69) is 5.10 Å². The normalized spacial score (nSPS) is 23.4. The Balaban J connectivity index is 1.94. The van der Waals surface area contributed by atoms with Crippen LogP contribution >= 0.6 is 0 Å². The van der Waals surface area contributed by atoms with Crippen molar-refractivity contribution in [2.24, 2.45) is 11.1 Å². The molecule has 1 atom stereocenters. The first-order valence-corrected chi connectivity index (χ1v) is 8.70. The molecule has 0 bridgehead atoms. The highest BCUT2D eigenvalue weighted by Crippen LogP contribution is 2.44. The molecule has 24 heavy (non-hydrogen) atoms. The Morgan fingerprint density at radius 1 is 1.38 bits per heavy atom. The van der Waals surface area contributed by atoms with Gasteiger partial charge in [0.25, 0.3) is 5.91 Å².